The molecule has 0 unspecified atom stereocenters. The Balaban J connectivity index is 1.92. The van der Waals surface area contributed by atoms with Crippen LogP contribution in [0, 0.1) is 6.92 Å². The molecule has 118 valence electrons. The highest BCUT2D eigenvalue weighted by molar-refractivity contribution is 6.03. The van der Waals surface area contributed by atoms with E-state index in [1.54, 1.807) is 11.7 Å². The molecular formula is C17H18N4O2. The van der Waals surface area contributed by atoms with Crippen molar-refractivity contribution < 1.29 is 9.21 Å². The SMILES string of the molecule is CCc1ocnc1C(=O)Nc1c(C)c(-c2ccccc2)nn1C. The van der Waals surface area contributed by atoms with Crippen LogP contribution in [0.3, 0.4) is 0 Å². The first kappa shape index (κ1) is 15.0. The van der Waals surface area contributed by atoms with Gasteiger partial charge in [0.1, 0.15) is 11.6 Å². The molecule has 0 saturated heterocycles. The first-order chi connectivity index (χ1) is 11.1. The zero-order valence-corrected chi connectivity index (χ0v) is 13.3. The summed E-state index contributed by atoms with van der Waals surface area (Å²) in [6, 6.07) is 9.87. The Morgan fingerprint density at radius 1 is 1.30 bits per heavy atom. The highest BCUT2D eigenvalue weighted by atomic mass is 16.3. The summed E-state index contributed by atoms with van der Waals surface area (Å²) in [5.74, 6) is 0.936. The highest BCUT2D eigenvalue weighted by Gasteiger charge is 2.20. The van der Waals surface area contributed by atoms with Crippen LogP contribution in [0.25, 0.3) is 11.3 Å². The number of anilines is 1. The number of carbonyl (C=O) groups excluding carboxylic acids is 1. The van der Waals surface area contributed by atoms with Crippen molar-refractivity contribution >= 4 is 11.7 Å². The molecule has 0 aliphatic heterocycles. The van der Waals surface area contributed by atoms with Gasteiger partial charge in [-0.1, -0.05) is 37.3 Å². The van der Waals surface area contributed by atoms with Crippen molar-refractivity contribution in [2.75, 3.05) is 5.32 Å². The number of aromatic nitrogens is 3. The quantitative estimate of drug-likeness (QED) is 0.803. The topological polar surface area (TPSA) is 73.0 Å². The number of nitrogens with zero attached hydrogens (tertiary/aromatic N) is 3. The van der Waals surface area contributed by atoms with E-state index in [0.29, 0.717) is 23.7 Å². The molecule has 1 N–H and O–H groups in total. The first-order valence-corrected chi connectivity index (χ1v) is 7.44. The molecule has 2 aromatic heterocycles. The van der Waals surface area contributed by atoms with E-state index in [9.17, 15) is 4.79 Å². The maximum absolute atomic E-state index is 12.4. The van der Waals surface area contributed by atoms with E-state index in [1.807, 2.05) is 44.2 Å². The van der Waals surface area contributed by atoms with Gasteiger partial charge in [0, 0.05) is 24.6 Å². The van der Waals surface area contributed by atoms with Crippen LogP contribution in [0.2, 0.25) is 0 Å². The summed E-state index contributed by atoms with van der Waals surface area (Å²) in [5, 5.41) is 7.40. The average Bonchev–Trinajstić information content (AvgIpc) is 3.15. The number of amides is 1. The summed E-state index contributed by atoms with van der Waals surface area (Å²) in [7, 11) is 1.80. The van der Waals surface area contributed by atoms with E-state index in [1.165, 1.54) is 6.39 Å². The smallest absolute Gasteiger partial charge is 0.279 e. The number of benzene rings is 1. The molecule has 0 atom stereocenters. The van der Waals surface area contributed by atoms with Gasteiger partial charge in [0.05, 0.1) is 5.69 Å². The van der Waals surface area contributed by atoms with Crippen molar-refractivity contribution in [3.8, 4) is 11.3 Å². The third kappa shape index (κ3) is 2.75. The lowest BCUT2D eigenvalue weighted by Crippen LogP contribution is -2.17. The first-order valence-electron chi connectivity index (χ1n) is 7.44. The number of rotatable bonds is 4. The molecule has 23 heavy (non-hydrogen) atoms. The van der Waals surface area contributed by atoms with Crippen molar-refractivity contribution in [2.45, 2.75) is 20.3 Å². The zero-order valence-electron chi connectivity index (χ0n) is 13.3. The van der Waals surface area contributed by atoms with Crippen molar-refractivity contribution in [3.63, 3.8) is 0 Å². The Morgan fingerprint density at radius 3 is 2.74 bits per heavy atom. The van der Waals surface area contributed by atoms with Crippen molar-refractivity contribution in [2.24, 2.45) is 7.05 Å². The number of hydrogen-bond donors (Lipinski definition) is 1. The average molecular weight is 310 g/mol. The van der Waals surface area contributed by atoms with Gasteiger partial charge in [0.15, 0.2) is 12.1 Å². The summed E-state index contributed by atoms with van der Waals surface area (Å²) in [6.45, 7) is 3.86. The van der Waals surface area contributed by atoms with Gasteiger partial charge < -0.3 is 9.73 Å². The van der Waals surface area contributed by atoms with Crippen LogP contribution in [0.1, 0.15) is 28.7 Å². The van der Waals surface area contributed by atoms with Crippen LogP contribution in [-0.4, -0.2) is 20.7 Å². The van der Waals surface area contributed by atoms with Gasteiger partial charge in [0.25, 0.3) is 5.91 Å². The van der Waals surface area contributed by atoms with E-state index >= 15 is 0 Å². The molecule has 0 bridgehead atoms. The molecule has 0 radical (unpaired) electrons. The second-order valence-corrected chi connectivity index (χ2v) is 5.24. The maximum Gasteiger partial charge on any atom is 0.279 e. The van der Waals surface area contributed by atoms with E-state index in [4.69, 9.17) is 4.42 Å². The standard InChI is InChI=1S/C17H18N4O2/c1-4-13-15(18-10-23-13)17(22)19-16-11(2)14(20-21(16)3)12-8-6-5-7-9-12/h5-10H,4H2,1-3H3,(H,19,22). The van der Waals surface area contributed by atoms with Crippen LogP contribution in [-0.2, 0) is 13.5 Å². The third-order valence-electron chi connectivity index (χ3n) is 3.74. The number of carbonyl (C=O) groups is 1. The molecule has 0 fully saturated rings. The fraction of sp³-hybridized carbons (Fsp3) is 0.235. The van der Waals surface area contributed by atoms with Gasteiger partial charge in [-0.3, -0.25) is 9.48 Å². The summed E-state index contributed by atoms with van der Waals surface area (Å²) in [5.41, 5.74) is 3.08. The van der Waals surface area contributed by atoms with E-state index in [-0.39, 0.29) is 5.91 Å². The molecule has 0 aliphatic carbocycles. The third-order valence-corrected chi connectivity index (χ3v) is 3.74. The number of oxazole rings is 1. The van der Waals surface area contributed by atoms with Gasteiger partial charge in [-0.2, -0.15) is 5.10 Å². The lowest BCUT2D eigenvalue weighted by Gasteiger charge is -2.05. The summed E-state index contributed by atoms with van der Waals surface area (Å²) >= 11 is 0. The molecule has 1 amide bonds. The monoisotopic (exact) mass is 310 g/mol. The van der Waals surface area contributed by atoms with Crippen LogP contribution >= 0.6 is 0 Å². The van der Waals surface area contributed by atoms with Crippen molar-refractivity contribution in [1.82, 2.24) is 14.8 Å². The summed E-state index contributed by atoms with van der Waals surface area (Å²) in [6.07, 6.45) is 1.90. The van der Waals surface area contributed by atoms with Gasteiger partial charge in [-0.05, 0) is 6.92 Å². The lowest BCUT2D eigenvalue weighted by molar-refractivity contribution is 0.102. The minimum Gasteiger partial charge on any atom is -0.448 e. The maximum atomic E-state index is 12.4. The molecule has 3 aromatic rings. The molecule has 0 aliphatic rings. The van der Waals surface area contributed by atoms with Crippen LogP contribution in [0.15, 0.2) is 41.1 Å². The predicted octanol–water partition coefficient (Wildman–Crippen LogP) is 3.20. The summed E-state index contributed by atoms with van der Waals surface area (Å²) < 4.78 is 6.88. The highest BCUT2D eigenvalue weighted by Crippen LogP contribution is 2.27. The molecule has 0 saturated carbocycles. The summed E-state index contributed by atoms with van der Waals surface area (Å²) in [4.78, 5) is 16.4. The Hall–Kier alpha value is -2.89. The van der Waals surface area contributed by atoms with Crippen LogP contribution in [0.4, 0.5) is 5.82 Å². The van der Waals surface area contributed by atoms with Crippen molar-refractivity contribution in [3.05, 3.63) is 53.7 Å². The second-order valence-electron chi connectivity index (χ2n) is 5.24. The molecule has 6 heteroatoms. The molecular weight excluding hydrogens is 292 g/mol. The molecule has 6 nitrogen and oxygen atoms in total. The Bertz CT molecular complexity index is 834. The van der Waals surface area contributed by atoms with Crippen LogP contribution in [0.5, 0.6) is 0 Å². The predicted molar refractivity (Wildman–Crippen MR) is 87.2 cm³/mol. The normalized spacial score (nSPS) is 10.7. The van der Waals surface area contributed by atoms with E-state index < -0.39 is 0 Å². The van der Waals surface area contributed by atoms with Gasteiger partial charge >= 0.3 is 0 Å². The lowest BCUT2D eigenvalue weighted by atomic mass is 10.1. The molecule has 3 rings (SSSR count). The number of nitrogens with one attached hydrogen (secondary N) is 1. The Morgan fingerprint density at radius 2 is 2.04 bits per heavy atom. The van der Waals surface area contributed by atoms with Crippen LogP contribution < -0.4 is 5.32 Å². The zero-order chi connectivity index (χ0) is 16.4. The fourth-order valence-corrected chi connectivity index (χ4v) is 2.55. The second kappa shape index (κ2) is 6.08. The minimum atomic E-state index is -0.290. The Labute approximate surface area is 134 Å². The minimum absolute atomic E-state index is 0.290. The molecule has 2 heterocycles. The largest absolute Gasteiger partial charge is 0.448 e. The molecule has 0 spiro atoms. The number of hydrogen-bond acceptors (Lipinski definition) is 4. The Kier molecular flexibility index (Phi) is 3.97. The number of aryl methyl sites for hydroxylation is 2. The van der Waals surface area contributed by atoms with E-state index in [0.717, 1.165) is 16.8 Å². The fourth-order valence-electron chi connectivity index (χ4n) is 2.55. The van der Waals surface area contributed by atoms with Gasteiger partial charge in [-0.15, -0.1) is 0 Å². The molecule has 1 aromatic carbocycles. The van der Waals surface area contributed by atoms with Gasteiger partial charge in [-0.25, -0.2) is 4.98 Å². The van der Waals surface area contributed by atoms with Gasteiger partial charge in [0.2, 0.25) is 0 Å². The van der Waals surface area contributed by atoms with E-state index in [2.05, 4.69) is 15.4 Å². The van der Waals surface area contributed by atoms with Crippen molar-refractivity contribution in [1.29, 1.82) is 0 Å².